The SMILES string of the molecule is CCCN(CCN)C(=O)c1cc(C)nnc1CC. The highest BCUT2D eigenvalue weighted by molar-refractivity contribution is 5.95. The van der Waals surface area contributed by atoms with Gasteiger partial charge in [0.05, 0.1) is 17.0 Å². The zero-order valence-corrected chi connectivity index (χ0v) is 11.4. The summed E-state index contributed by atoms with van der Waals surface area (Å²) in [6.45, 7) is 7.65. The highest BCUT2D eigenvalue weighted by atomic mass is 16.2. The molecule has 0 unspecified atom stereocenters. The maximum atomic E-state index is 12.5. The van der Waals surface area contributed by atoms with Gasteiger partial charge < -0.3 is 10.6 Å². The number of nitrogens with two attached hydrogens (primary N) is 1. The number of hydrogen-bond donors (Lipinski definition) is 1. The lowest BCUT2D eigenvalue weighted by Gasteiger charge is -2.22. The summed E-state index contributed by atoms with van der Waals surface area (Å²) in [6, 6.07) is 1.81. The molecule has 0 aromatic carbocycles. The van der Waals surface area contributed by atoms with Crippen LogP contribution in [0.3, 0.4) is 0 Å². The van der Waals surface area contributed by atoms with Gasteiger partial charge in [-0.2, -0.15) is 10.2 Å². The maximum Gasteiger partial charge on any atom is 0.255 e. The van der Waals surface area contributed by atoms with Crippen molar-refractivity contribution in [2.24, 2.45) is 5.73 Å². The van der Waals surface area contributed by atoms with E-state index in [4.69, 9.17) is 5.73 Å². The molecule has 1 rings (SSSR count). The Morgan fingerprint density at radius 1 is 1.33 bits per heavy atom. The van der Waals surface area contributed by atoms with Crippen LogP contribution in [0.15, 0.2) is 6.07 Å². The van der Waals surface area contributed by atoms with Gasteiger partial charge in [0.15, 0.2) is 0 Å². The minimum Gasteiger partial charge on any atom is -0.337 e. The number of aryl methyl sites for hydroxylation is 2. The van der Waals surface area contributed by atoms with Crippen molar-refractivity contribution in [2.45, 2.75) is 33.6 Å². The van der Waals surface area contributed by atoms with Crippen LogP contribution in [-0.2, 0) is 6.42 Å². The Labute approximate surface area is 108 Å². The third-order valence-electron chi connectivity index (χ3n) is 2.74. The van der Waals surface area contributed by atoms with Crippen LogP contribution in [0.5, 0.6) is 0 Å². The Bertz CT molecular complexity index is 400. The second kappa shape index (κ2) is 7.06. The summed E-state index contributed by atoms with van der Waals surface area (Å²) in [5.74, 6) is 0.0113. The first-order valence-corrected chi connectivity index (χ1v) is 6.46. The molecule has 1 heterocycles. The Hall–Kier alpha value is -1.49. The molecule has 0 bridgehead atoms. The molecule has 0 spiro atoms. The van der Waals surface area contributed by atoms with E-state index in [0.29, 0.717) is 25.1 Å². The molecular formula is C13H22N4O. The summed E-state index contributed by atoms with van der Waals surface area (Å²) in [7, 11) is 0. The van der Waals surface area contributed by atoms with E-state index in [1.165, 1.54) is 0 Å². The molecule has 0 saturated heterocycles. The number of carbonyl (C=O) groups is 1. The van der Waals surface area contributed by atoms with E-state index in [0.717, 1.165) is 24.4 Å². The average Bonchev–Trinajstić information content (AvgIpc) is 2.37. The van der Waals surface area contributed by atoms with Gasteiger partial charge in [-0.15, -0.1) is 0 Å². The topological polar surface area (TPSA) is 72.1 Å². The molecule has 1 amide bonds. The largest absolute Gasteiger partial charge is 0.337 e. The van der Waals surface area contributed by atoms with Crippen LogP contribution < -0.4 is 5.73 Å². The van der Waals surface area contributed by atoms with E-state index in [1.807, 2.05) is 26.8 Å². The van der Waals surface area contributed by atoms with E-state index < -0.39 is 0 Å². The molecule has 0 aliphatic carbocycles. The lowest BCUT2D eigenvalue weighted by atomic mass is 10.1. The summed E-state index contributed by atoms with van der Waals surface area (Å²) in [6.07, 6.45) is 1.63. The molecule has 0 fully saturated rings. The smallest absolute Gasteiger partial charge is 0.255 e. The lowest BCUT2D eigenvalue weighted by Crippen LogP contribution is -2.36. The molecule has 2 N–H and O–H groups in total. The predicted molar refractivity (Wildman–Crippen MR) is 71.4 cm³/mol. The van der Waals surface area contributed by atoms with Gasteiger partial charge in [0.2, 0.25) is 0 Å². The molecule has 100 valence electrons. The summed E-state index contributed by atoms with van der Waals surface area (Å²) in [4.78, 5) is 14.2. The first kappa shape index (κ1) is 14.6. The first-order valence-electron chi connectivity index (χ1n) is 6.46. The molecular weight excluding hydrogens is 228 g/mol. The van der Waals surface area contributed by atoms with Crippen LogP contribution in [-0.4, -0.2) is 40.6 Å². The van der Waals surface area contributed by atoms with Crippen LogP contribution in [0.1, 0.15) is 42.0 Å². The van der Waals surface area contributed by atoms with E-state index in [2.05, 4.69) is 10.2 Å². The van der Waals surface area contributed by atoms with Crippen LogP contribution in [0.25, 0.3) is 0 Å². The van der Waals surface area contributed by atoms with Gasteiger partial charge in [-0.25, -0.2) is 0 Å². The van der Waals surface area contributed by atoms with Crippen LogP contribution >= 0.6 is 0 Å². The number of rotatable bonds is 6. The van der Waals surface area contributed by atoms with Crippen LogP contribution in [0.2, 0.25) is 0 Å². The number of hydrogen-bond acceptors (Lipinski definition) is 4. The van der Waals surface area contributed by atoms with Crippen molar-refractivity contribution in [1.82, 2.24) is 15.1 Å². The van der Waals surface area contributed by atoms with Gasteiger partial charge in [0.1, 0.15) is 0 Å². The van der Waals surface area contributed by atoms with Crippen molar-refractivity contribution in [1.29, 1.82) is 0 Å². The van der Waals surface area contributed by atoms with Gasteiger partial charge >= 0.3 is 0 Å². The molecule has 0 saturated carbocycles. The van der Waals surface area contributed by atoms with Crippen molar-refractivity contribution in [3.8, 4) is 0 Å². The Balaban J connectivity index is 3.02. The average molecular weight is 250 g/mol. The van der Waals surface area contributed by atoms with Gasteiger partial charge in [-0.1, -0.05) is 13.8 Å². The number of nitrogens with zero attached hydrogens (tertiary/aromatic N) is 3. The van der Waals surface area contributed by atoms with Gasteiger partial charge in [0.25, 0.3) is 5.91 Å². The zero-order valence-electron chi connectivity index (χ0n) is 11.4. The van der Waals surface area contributed by atoms with E-state index >= 15 is 0 Å². The van der Waals surface area contributed by atoms with Crippen LogP contribution in [0, 0.1) is 6.92 Å². The molecule has 0 radical (unpaired) electrons. The second-order valence-electron chi connectivity index (χ2n) is 4.28. The van der Waals surface area contributed by atoms with E-state index in [9.17, 15) is 4.79 Å². The summed E-state index contributed by atoms with van der Waals surface area (Å²) in [5, 5.41) is 8.09. The van der Waals surface area contributed by atoms with Crippen molar-refractivity contribution in [3.63, 3.8) is 0 Å². The summed E-state index contributed by atoms with van der Waals surface area (Å²) >= 11 is 0. The molecule has 1 aromatic heterocycles. The third kappa shape index (κ3) is 3.50. The Morgan fingerprint density at radius 3 is 2.61 bits per heavy atom. The fraction of sp³-hybridized carbons (Fsp3) is 0.615. The minimum absolute atomic E-state index is 0.0113. The molecule has 0 aliphatic heterocycles. The second-order valence-corrected chi connectivity index (χ2v) is 4.28. The molecule has 0 aliphatic rings. The van der Waals surface area contributed by atoms with E-state index in [1.54, 1.807) is 4.90 Å². The molecule has 18 heavy (non-hydrogen) atoms. The third-order valence-corrected chi connectivity index (χ3v) is 2.74. The van der Waals surface area contributed by atoms with Crippen LogP contribution in [0.4, 0.5) is 0 Å². The Kier molecular flexibility index (Phi) is 5.71. The summed E-state index contributed by atoms with van der Waals surface area (Å²) < 4.78 is 0. The number of aromatic nitrogens is 2. The lowest BCUT2D eigenvalue weighted by molar-refractivity contribution is 0.0758. The number of carbonyl (C=O) groups excluding carboxylic acids is 1. The summed E-state index contributed by atoms with van der Waals surface area (Å²) in [5.41, 5.74) is 7.73. The standard InChI is InChI=1S/C13H22N4O/c1-4-7-17(8-6-14)13(18)11-9-10(3)15-16-12(11)5-2/h9H,4-8,14H2,1-3H3. The maximum absolute atomic E-state index is 12.5. The molecule has 1 aromatic rings. The minimum atomic E-state index is 0.0113. The highest BCUT2D eigenvalue weighted by Crippen LogP contribution is 2.11. The van der Waals surface area contributed by atoms with Crippen molar-refractivity contribution in [3.05, 3.63) is 23.0 Å². The monoisotopic (exact) mass is 250 g/mol. The normalized spacial score (nSPS) is 10.4. The van der Waals surface area contributed by atoms with Crippen molar-refractivity contribution < 1.29 is 4.79 Å². The predicted octanol–water partition coefficient (Wildman–Crippen LogP) is 1.16. The number of amides is 1. The molecule has 0 atom stereocenters. The quantitative estimate of drug-likeness (QED) is 0.822. The molecule has 5 nitrogen and oxygen atoms in total. The van der Waals surface area contributed by atoms with Gasteiger partial charge in [-0.05, 0) is 25.8 Å². The first-order chi connectivity index (χ1) is 8.63. The van der Waals surface area contributed by atoms with E-state index in [-0.39, 0.29) is 5.91 Å². The fourth-order valence-electron chi connectivity index (χ4n) is 1.87. The fourth-order valence-corrected chi connectivity index (χ4v) is 1.87. The Morgan fingerprint density at radius 2 is 2.06 bits per heavy atom. The van der Waals surface area contributed by atoms with Crippen molar-refractivity contribution >= 4 is 5.91 Å². The highest BCUT2D eigenvalue weighted by Gasteiger charge is 2.18. The molecule has 5 heteroatoms. The zero-order chi connectivity index (χ0) is 13.5. The van der Waals surface area contributed by atoms with Gasteiger partial charge in [0, 0.05) is 19.6 Å². The van der Waals surface area contributed by atoms with Crippen molar-refractivity contribution in [2.75, 3.05) is 19.6 Å². The van der Waals surface area contributed by atoms with Gasteiger partial charge in [-0.3, -0.25) is 4.79 Å².